The van der Waals surface area contributed by atoms with E-state index in [1.807, 2.05) is 12.2 Å². The van der Waals surface area contributed by atoms with Crippen LogP contribution >= 0.6 is 92.8 Å². The minimum Gasteiger partial charge on any atom is -0.350 e. The molecule has 0 aromatic rings. The SMILES string of the molecule is COC1(OC)[C@@]2(Cl)C(Cl)=C(Cl)[C@]1(Cl)[C@@H]1[C@@H]3[C@H](C=C[C@@H]12)[C@]1(Cl)C(Cl)=C(Cl)[C@@]3(Cl)C1(OC)OC. The molecule has 0 saturated heterocycles. The van der Waals surface area contributed by atoms with Crippen LogP contribution in [0, 0.1) is 23.7 Å². The molecule has 0 spiro atoms. The average Bonchev–Trinajstić information content (AvgIpc) is 3.20. The summed E-state index contributed by atoms with van der Waals surface area (Å²) in [5.41, 5.74) is 0. The maximum absolute atomic E-state index is 7.38. The van der Waals surface area contributed by atoms with E-state index in [1.54, 1.807) is 0 Å². The lowest BCUT2D eigenvalue weighted by molar-refractivity contribution is -0.225. The first-order valence-corrected chi connectivity index (χ1v) is 12.6. The average molecular weight is 606 g/mol. The van der Waals surface area contributed by atoms with E-state index in [0.717, 1.165) is 0 Å². The Morgan fingerprint density at radius 2 is 0.781 bits per heavy atom. The van der Waals surface area contributed by atoms with Gasteiger partial charge in [0.25, 0.3) is 0 Å². The van der Waals surface area contributed by atoms with E-state index in [4.69, 9.17) is 112 Å². The third-order valence-corrected chi connectivity index (χ3v) is 13.5. The molecule has 4 nitrogen and oxygen atoms in total. The molecular formula is C20H18Cl8O4. The van der Waals surface area contributed by atoms with E-state index >= 15 is 0 Å². The highest BCUT2D eigenvalue weighted by Crippen LogP contribution is 2.83. The predicted octanol–water partition coefficient (Wildman–Crippen LogP) is 6.34. The molecule has 0 unspecified atom stereocenters. The third-order valence-electron chi connectivity index (χ3n) is 8.25. The van der Waals surface area contributed by atoms with Crippen molar-refractivity contribution in [3.8, 4) is 0 Å². The van der Waals surface area contributed by atoms with Gasteiger partial charge in [0, 0.05) is 52.1 Å². The first-order chi connectivity index (χ1) is 14.8. The molecule has 0 aromatic carbocycles. The molecule has 178 valence electrons. The Morgan fingerprint density at radius 1 is 0.531 bits per heavy atom. The number of methoxy groups -OCH3 is 4. The second-order valence-electron chi connectivity index (χ2n) is 8.64. The summed E-state index contributed by atoms with van der Waals surface area (Å²) in [4.78, 5) is -5.90. The van der Waals surface area contributed by atoms with Crippen LogP contribution < -0.4 is 0 Å². The van der Waals surface area contributed by atoms with Crippen LogP contribution in [0.15, 0.2) is 32.3 Å². The summed E-state index contributed by atoms with van der Waals surface area (Å²) in [6.07, 6.45) is 3.78. The number of rotatable bonds is 4. The van der Waals surface area contributed by atoms with Crippen LogP contribution in [-0.4, -0.2) is 59.5 Å². The highest BCUT2D eigenvalue weighted by atomic mass is 35.5. The minimum absolute atomic E-state index is 0.119. The molecule has 32 heavy (non-hydrogen) atoms. The van der Waals surface area contributed by atoms with E-state index in [-0.39, 0.29) is 20.1 Å². The Labute approximate surface area is 225 Å². The van der Waals surface area contributed by atoms with Gasteiger partial charge in [-0.05, 0) is 0 Å². The van der Waals surface area contributed by atoms with Crippen molar-refractivity contribution in [3.63, 3.8) is 0 Å². The fourth-order valence-electron chi connectivity index (χ4n) is 7.24. The van der Waals surface area contributed by atoms with E-state index in [2.05, 4.69) is 0 Å². The number of hydrogen-bond acceptors (Lipinski definition) is 4. The van der Waals surface area contributed by atoms with Gasteiger partial charge in [-0.1, -0.05) is 58.6 Å². The smallest absolute Gasteiger partial charge is 0.218 e. The van der Waals surface area contributed by atoms with Crippen molar-refractivity contribution in [1.29, 1.82) is 0 Å². The number of hydrogen-bond donors (Lipinski definition) is 0. The Balaban J connectivity index is 1.85. The van der Waals surface area contributed by atoms with Crippen molar-refractivity contribution >= 4 is 92.8 Å². The Kier molecular flexibility index (Phi) is 5.50. The van der Waals surface area contributed by atoms with Crippen LogP contribution in [0.2, 0.25) is 0 Å². The van der Waals surface area contributed by atoms with E-state index in [1.165, 1.54) is 28.4 Å². The standard InChI is InChI=1S/C20H18Cl8O4/c1-29-19(30-2)15(25)7-5-6-8-10(9(7)17(19,27)13(23)11(15)21)18(28)14(24)12(22)16(8,26)20(18,31-3)32-4/h5-10H,1-4H3/t7-,8-,9-,10-,15-,16-,17+,18+/m0/s1. The lowest BCUT2D eigenvalue weighted by atomic mass is 9.62. The van der Waals surface area contributed by atoms with E-state index < -0.39 is 54.7 Å². The molecule has 2 fully saturated rings. The van der Waals surface area contributed by atoms with Gasteiger partial charge in [0.2, 0.25) is 11.6 Å². The zero-order valence-corrected chi connectivity index (χ0v) is 23.2. The number of ether oxygens (including phenoxy) is 4. The van der Waals surface area contributed by atoms with Crippen molar-refractivity contribution in [1.82, 2.24) is 0 Å². The third kappa shape index (κ3) is 1.93. The summed E-state index contributed by atoms with van der Waals surface area (Å²) in [6.45, 7) is 0. The zero-order valence-electron chi connectivity index (χ0n) is 17.1. The van der Waals surface area contributed by atoms with Gasteiger partial charge in [0.05, 0.1) is 20.1 Å². The quantitative estimate of drug-likeness (QED) is 0.213. The van der Waals surface area contributed by atoms with Crippen molar-refractivity contribution in [2.45, 2.75) is 31.1 Å². The second-order valence-corrected chi connectivity index (χ2v) is 12.5. The van der Waals surface area contributed by atoms with Gasteiger partial charge in [0.1, 0.15) is 19.5 Å². The van der Waals surface area contributed by atoms with Crippen molar-refractivity contribution in [3.05, 3.63) is 32.3 Å². The van der Waals surface area contributed by atoms with Gasteiger partial charge < -0.3 is 18.9 Å². The van der Waals surface area contributed by atoms with Crippen LogP contribution in [0.25, 0.3) is 0 Å². The van der Waals surface area contributed by atoms with Gasteiger partial charge in [-0.3, -0.25) is 0 Å². The molecule has 4 bridgehead atoms. The normalized spacial score (nSPS) is 51.6. The fourth-order valence-corrected chi connectivity index (χ4v) is 11.7. The summed E-state index contributed by atoms with van der Waals surface area (Å²) in [7, 11) is 5.76. The summed E-state index contributed by atoms with van der Waals surface area (Å²) in [5.74, 6) is -5.39. The molecule has 8 atom stereocenters. The molecule has 0 amide bonds. The second kappa shape index (κ2) is 7.02. The number of fused-ring (bicyclic) bond motifs is 11. The molecular weight excluding hydrogens is 588 g/mol. The maximum atomic E-state index is 7.38. The number of alkyl halides is 4. The lowest BCUT2D eigenvalue weighted by Crippen LogP contribution is -2.60. The van der Waals surface area contributed by atoms with Crippen LogP contribution in [0.5, 0.6) is 0 Å². The zero-order chi connectivity index (χ0) is 23.9. The summed E-state index contributed by atoms with van der Waals surface area (Å²) in [6, 6.07) is 0. The maximum Gasteiger partial charge on any atom is 0.218 e. The van der Waals surface area contributed by atoms with E-state index in [0.29, 0.717) is 0 Å². The van der Waals surface area contributed by atoms with Crippen LogP contribution in [0.1, 0.15) is 0 Å². The van der Waals surface area contributed by atoms with Crippen molar-refractivity contribution in [2.75, 3.05) is 28.4 Å². The van der Waals surface area contributed by atoms with Gasteiger partial charge in [-0.25, -0.2) is 0 Å². The Bertz CT molecular complexity index is 928. The molecule has 0 aliphatic heterocycles. The molecule has 12 heteroatoms. The van der Waals surface area contributed by atoms with Gasteiger partial charge >= 0.3 is 0 Å². The highest BCUT2D eigenvalue weighted by Gasteiger charge is 2.92. The highest BCUT2D eigenvalue weighted by molar-refractivity contribution is 6.53. The first-order valence-electron chi connectivity index (χ1n) is 9.62. The molecule has 0 N–H and O–H groups in total. The fraction of sp³-hybridized carbons (Fsp3) is 0.700. The van der Waals surface area contributed by atoms with Gasteiger partial charge in [0.15, 0.2) is 0 Å². The Hall–Kier alpha value is 1.38. The summed E-state index contributed by atoms with van der Waals surface area (Å²) in [5, 5.41) is 0.544. The molecule has 0 aromatic heterocycles. The van der Waals surface area contributed by atoms with Crippen LogP contribution in [0.3, 0.4) is 0 Å². The molecule has 5 rings (SSSR count). The Morgan fingerprint density at radius 3 is 1.03 bits per heavy atom. The van der Waals surface area contributed by atoms with E-state index in [9.17, 15) is 0 Å². The molecule has 0 radical (unpaired) electrons. The van der Waals surface area contributed by atoms with Crippen LogP contribution in [-0.2, 0) is 18.9 Å². The summed E-state index contributed by atoms with van der Waals surface area (Å²) >= 11 is 56.1. The molecule has 2 saturated carbocycles. The molecule has 5 aliphatic carbocycles. The van der Waals surface area contributed by atoms with Crippen molar-refractivity contribution < 1.29 is 18.9 Å². The van der Waals surface area contributed by atoms with Gasteiger partial charge in [-0.2, -0.15) is 0 Å². The number of allylic oxidation sites excluding steroid dienone is 2. The minimum atomic E-state index is -1.61. The summed E-state index contributed by atoms with van der Waals surface area (Å²) < 4.78 is 23.5. The predicted molar refractivity (Wildman–Crippen MR) is 128 cm³/mol. The monoisotopic (exact) mass is 602 g/mol. The van der Waals surface area contributed by atoms with Crippen molar-refractivity contribution in [2.24, 2.45) is 23.7 Å². The molecule has 5 aliphatic rings. The first kappa shape index (κ1) is 25.0. The topological polar surface area (TPSA) is 36.9 Å². The van der Waals surface area contributed by atoms with Gasteiger partial charge in [-0.15, -0.1) is 46.4 Å². The largest absolute Gasteiger partial charge is 0.350 e. The lowest BCUT2D eigenvalue weighted by Gasteiger charge is -2.49. The number of halogens is 8. The molecule has 0 heterocycles. The van der Waals surface area contributed by atoms with Crippen LogP contribution in [0.4, 0.5) is 0 Å².